The molecule has 1 rings (SSSR count). The molecule has 22 heavy (non-hydrogen) atoms. The van der Waals surface area contributed by atoms with E-state index in [1.165, 1.54) is 4.90 Å². The molecule has 0 radical (unpaired) electrons. The fourth-order valence-corrected chi connectivity index (χ4v) is 1.88. The van der Waals surface area contributed by atoms with E-state index in [9.17, 15) is 9.59 Å². The van der Waals surface area contributed by atoms with Gasteiger partial charge < -0.3 is 24.8 Å². The molecule has 7 nitrogen and oxygen atoms in total. The van der Waals surface area contributed by atoms with Crippen LogP contribution in [0.1, 0.15) is 12.5 Å². The predicted molar refractivity (Wildman–Crippen MR) is 81.2 cm³/mol. The van der Waals surface area contributed by atoms with Gasteiger partial charge in [0, 0.05) is 20.1 Å². The van der Waals surface area contributed by atoms with Crippen molar-refractivity contribution in [3.63, 3.8) is 0 Å². The molecule has 0 bridgehead atoms. The van der Waals surface area contributed by atoms with Gasteiger partial charge in [-0.3, -0.25) is 4.79 Å². The smallest absolute Gasteiger partial charge is 0.317 e. The van der Waals surface area contributed by atoms with Crippen LogP contribution in [0.15, 0.2) is 18.2 Å². The third-order valence-corrected chi connectivity index (χ3v) is 3.21. The minimum atomic E-state index is -0.931. The Labute approximate surface area is 129 Å². The minimum Gasteiger partial charge on any atom is -0.493 e. The first-order valence-electron chi connectivity index (χ1n) is 6.81. The average molecular weight is 310 g/mol. The molecule has 0 aliphatic carbocycles. The molecule has 0 heterocycles. The van der Waals surface area contributed by atoms with Crippen LogP contribution >= 0.6 is 0 Å². The molecule has 1 atom stereocenters. The number of urea groups is 1. The molecule has 1 aromatic carbocycles. The first-order chi connectivity index (χ1) is 10.4. The average Bonchev–Trinajstić information content (AvgIpc) is 2.51. The molecule has 1 unspecified atom stereocenters. The predicted octanol–water partition coefficient (Wildman–Crippen LogP) is 1.57. The molecule has 0 aliphatic rings. The van der Waals surface area contributed by atoms with Crippen molar-refractivity contribution in [2.24, 2.45) is 5.92 Å². The summed E-state index contributed by atoms with van der Waals surface area (Å²) < 4.78 is 10.3. The molecule has 122 valence electrons. The highest BCUT2D eigenvalue weighted by Crippen LogP contribution is 2.27. The van der Waals surface area contributed by atoms with E-state index in [0.29, 0.717) is 18.0 Å². The van der Waals surface area contributed by atoms with Gasteiger partial charge in [-0.15, -0.1) is 0 Å². The summed E-state index contributed by atoms with van der Waals surface area (Å²) in [6.07, 6.45) is 0. The number of carboxylic acids is 1. The summed E-state index contributed by atoms with van der Waals surface area (Å²) in [6.45, 7) is 2.01. The number of nitrogens with zero attached hydrogens (tertiary/aromatic N) is 1. The Balaban J connectivity index is 2.58. The van der Waals surface area contributed by atoms with Gasteiger partial charge in [-0.2, -0.15) is 0 Å². The summed E-state index contributed by atoms with van der Waals surface area (Å²) >= 11 is 0. The van der Waals surface area contributed by atoms with Gasteiger partial charge in [0.25, 0.3) is 0 Å². The van der Waals surface area contributed by atoms with Crippen LogP contribution in [0.4, 0.5) is 4.79 Å². The maximum Gasteiger partial charge on any atom is 0.317 e. The quantitative estimate of drug-likeness (QED) is 0.798. The van der Waals surface area contributed by atoms with Crippen molar-refractivity contribution in [2.75, 3.05) is 27.8 Å². The van der Waals surface area contributed by atoms with Crippen molar-refractivity contribution in [1.82, 2.24) is 10.2 Å². The second-order valence-electron chi connectivity index (χ2n) is 4.97. The number of carbonyl (C=O) groups excluding carboxylic acids is 1. The lowest BCUT2D eigenvalue weighted by atomic mass is 10.2. The number of rotatable bonds is 7. The molecule has 0 spiro atoms. The number of carbonyl (C=O) groups is 2. The molecule has 2 N–H and O–H groups in total. The lowest BCUT2D eigenvalue weighted by molar-refractivity contribution is -0.141. The molecule has 2 amide bonds. The Kier molecular flexibility index (Phi) is 6.49. The molecule has 1 aromatic rings. The number of benzene rings is 1. The largest absolute Gasteiger partial charge is 0.493 e. The Hall–Kier alpha value is -2.44. The van der Waals surface area contributed by atoms with E-state index >= 15 is 0 Å². The molecule has 0 saturated heterocycles. The van der Waals surface area contributed by atoms with Gasteiger partial charge in [-0.1, -0.05) is 13.0 Å². The summed E-state index contributed by atoms with van der Waals surface area (Å²) in [7, 11) is 4.66. The zero-order valence-electron chi connectivity index (χ0n) is 13.3. The highest BCUT2D eigenvalue weighted by molar-refractivity contribution is 5.75. The Morgan fingerprint density at radius 2 is 1.91 bits per heavy atom. The van der Waals surface area contributed by atoms with Crippen LogP contribution in [-0.2, 0) is 11.3 Å². The van der Waals surface area contributed by atoms with Gasteiger partial charge in [-0.25, -0.2) is 4.79 Å². The van der Waals surface area contributed by atoms with Gasteiger partial charge in [0.05, 0.1) is 20.1 Å². The number of nitrogens with one attached hydrogen (secondary N) is 1. The van der Waals surface area contributed by atoms with Crippen molar-refractivity contribution in [3.8, 4) is 11.5 Å². The van der Waals surface area contributed by atoms with Crippen LogP contribution in [0.5, 0.6) is 11.5 Å². The fraction of sp³-hybridized carbons (Fsp3) is 0.467. The highest BCUT2D eigenvalue weighted by atomic mass is 16.5. The Morgan fingerprint density at radius 1 is 1.27 bits per heavy atom. The number of hydrogen-bond donors (Lipinski definition) is 2. The number of amides is 2. The maximum absolute atomic E-state index is 11.9. The van der Waals surface area contributed by atoms with Gasteiger partial charge in [0.2, 0.25) is 0 Å². The van der Waals surface area contributed by atoms with Gasteiger partial charge in [-0.05, 0) is 17.7 Å². The third kappa shape index (κ3) is 4.83. The van der Waals surface area contributed by atoms with Gasteiger partial charge in [0.15, 0.2) is 11.5 Å². The van der Waals surface area contributed by atoms with Crippen LogP contribution in [0.2, 0.25) is 0 Å². The molecule has 7 heteroatoms. The number of aliphatic carboxylic acids is 1. The zero-order valence-corrected chi connectivity index (χ0v) is 13.3. The van der Waals surface area contributed by atoms with E-state index in [4.69, 9.17) is 14.6 Å². The van der Waals surface area contributed by atoms with Crippen molar-refractivity contribution >= 4 is 12.0 Å². The zero-order chi connectivity index (χ0) is 16.7. The fourth-order valence-electron chi connectivity index (χ4n) is 1.88. The molecule has 0 saturated carbocycles. The van der Waals surface area contributed by atoms with E-state index in [0.717, 1.165) is 5.56 Å². The standard InChI is InChI=1S/C15H22N2O5/c1-10(14(18)19)9-17(2)15(20)16-8-11-5-6-12(21-3)13(7-11)22-4/h5-7,10H,8-9H2,1-4H3,(H,16,20)(H,18,19). The second-order valence-corrected chi connectivity index (χ2v) is 4.97. The topological polar surface area (TPSA) is 88.1 Å². The van der Waals surface area contributed by atoms with Gasteiger partial charge >= 0.3 is 12.0 Å². The maximum atomic E-state index is 11.9. The Bertz CT molecular complexity index is 533. The Morgan fingerprint density at radius 3 is 2.45 bits per heavy atom. The van der Waals surface area contributed by atoms with Gasteiger partial charge in [0.1, 0.15) is 0 Å². The summed E-state index contributed by atoms with van der Waals surface area (Å²) in [5.41, 5.74) is 0.852. The van der Waals surface area contributed by atoms with E-state index in [2.05, 4.69) is 5.32 Å². The summed E-state index contributed by atoms with van der Waals surface area (Å²) in [4.78, 5) is 24.0. The summed E-state index contributed by atoms with van der Waals surface area (Å²) in [5.74, 6) is -0.344. The van der Waals surface area contributed by atoms with Crippen molar-refractivity contribution < 1.29 is 24.2 Å². The van der Waals surface area contributed by atoms with Crippen LogP contribution < -0.4 is 14.8 Å². The lowest BCUT2D eigenvalue weighted by Gasteiger charge is -2.20. The first kappa shape index (κ1) is 17.6. The normalized spacial score (nSPS) is 11.5. The molecule has 0 fully saturated rings. The second kappa shape index (κ2) is 8.11. The summed E-state index contributed by atoms with van der Waals surface area (Å²) in [6, 6.07) is 5.03. The van der Waals surface area contributed by atoms with Crippen molar-refractivity contribution in [3.05, 3.63) is 23.8 Å². The number of ether oxygens (including phenoxy) is 2. The minimum absolute atomic E-state index is 0.146. The van der Waals surface area contributed by atoms with Crippen LogP contribution in [0, 0.1) is 5.92 Å². The molecule has 0 aromatic heterocycles. The van der Waals surface area contributed by atoms with E-state index in [-0.39, 0.29) is 12.6 Å². The van der Waals surface area contributed by atoms with Crippen LogP contribution in [-0.4, -0.2) is 49.8 Å². The van der Waals surface area contributed by atoms with E-state index in [1.807, 2.05) is 6.07 Å². The molecular weight excluding hydrogens is 288 g/mol. The first-order valence-corrected chi connectivity index (χ1v) is 6.81. The van der Waals surface area contributed by atoms with Crippen LogP contribution in [0.25, 0.3) is 0 Å². The lowest BCUT2D eigenvalue weighted by Crippen LogP contribution is -2.40. The van der Waals surface area contributed by atoms with Crippen molar-refractivity contribution in [2.45, 2.75) is 13.5 Å². The monoisotopic (exact) mass is 310 g/mol. The van der Waals surface area contributed by atoms with E-state index in [1.54, 1.807) is 40.3 Å². The number of hydrogen-bond acceptors (Lipinski definition) is 4. The SMILES string of the molecule is COc1ccc(CNC(=O)N(C)CC(C)C(=O)O)cc1OC. The van der Waals surface area contributed by atoms with Crippen molar-refractivity contribution in [1.29, 1.82) is 0 Å². The highest BCUT2D eigenvalue weighted by Gasteiger charge is 2.17. The number of methoxy groups -OCH3 is 2. The number of carboxylic acid groups (broad SMARTS) is 1. The molecular formula is C15H22N2O5. The van der Waals surface area contributed by atoms with Crippen LogP contribution in [0.3, 0.4) is 0 Å². The van der Waals surface area contributed by atoms with E-state index < -0.39 is 11.9 Å². The summed E-state index contributed by atoms with van der Waals surface area (Å²) in [5, 5.41) is 11.6. The molecule has 0 aliphatic heterocycles. The third-order valence-electron chi connectivity index (χ3n) is 3.21.